The molecular weight excluding hydrogens is 510 g/mol. The Bertz CT molecular complexity index is 1260. The highest BCUT2D eigenvalue weighted by Crippen LogP contribution is 2.26. The topological polar surface area (TPSA) is 38.7 Å². The minimum atomic E-state index is 0.693. The van der Waals surface area contributed by atoms with Crippen LogP contribution in [0.1, 0.15) is 108 Å². The Morgan fingerprint density at radius 3 is 1.14 bits per heavy atom. The summed E-state index contributed by atoms with van der Waals surface area (Å²) in [6.07, 6.45) is 19.9. The lowest BCUT2D eigenvalue weighted by atomic mass is 10.0. The van der Waals surface area contributed by atoms with Crippen LogP contribution in [0.4, 0.5) is 0 Å². The third-order valence-electron chi connectivity index (χ3n) is 8.10. The van der Waals surface area contributed by atoms with Crippen LogP contribution in [0.15, 0.2) is 79.4 Å². The first-order valence-corrected chi connectivity index (χ1v) is 16.4. The van der Waals surface area contributed by atoms with E-state index >= 15 is 0 Å². The van der Waals surface area contributed by atoms with Gasteiger partial charge in [0.1, 0.15) is 0 Å². The van der Waals surface area contributed by atoms with Gasteiger partial charge in [-0.05, 0) is 42.4 Å². The standard InChI is InChI=1S/C39H49N3/c1-4-7-9-11-13-15-17-32-21-27-35(28-22-32)38-40-37(34-25-19-31(6-3)20-26-34)41-39(42-38)36-29-23-33(24-30-36)18-16-14-12-10-8-5-2/h6,19-30H,3-5,7-18H2,1-2H3. The van der Waals surface area contributed by atoms with E-state index in [0.717, 1.165) is 35.1 Å². The lowest BCUT2D eigenvalue weighted by Gasteiger charge is -2.10. The highest BCUT2D eigenvalue weighted by molar-refractivity contribution is 5.67. The van der Waals surface area contributed by atoms with Crippen molar-refractivity contribution in [3.05, 3.63) is 96.1 Å². The van der Waals surface area contributed by atoms with E-state index in [4.69, 9.17) is 15.0 Å². The molecular formula is C39H49N3. The maximum absolute atomic E-state index is 4.96. The summed E-state index contributed by atoms with van der Waals surface area (Å²) in [5, 5.41) is 0. The van der Waals surface area contributed by atoms with Crippen molar-refractivity contribution in [2.45, 2.75) is 104 Å². The second kappa shape index (κ2) is 17.4. The van der Waals surface area contributed by atoms with Crippen molar-refractivity contribution < 1.29 is 0 Å². The van der Waals surface area contributed by atoms with E-state index in [1.165, 1.54) is 88.2 Å². The number of aromatic nitrogens is 3. The molecule has 3 heteroatoms. The zero-order chi connectivity index (χ0) is 29.4. The molecule has 1 aromatic heterocycles. The Kier molecular flexibility index (Phi) is 13.0. The van der Waals surface area contributed by atoms with Gasteiger partial charge in [0, 0.05) is 16.7 Å². The summed E-state index contributed by atoms with van der Waals surface area (Å²) < 4.78 is 0. The molecule has 0 amide bonds. The van der Waals surface area contributed by atoms with Crippen LogP contribution in [0.25, 0.3) is 40.2 Å². The predicted octanol–water partition coefficient (Wildman–Crippen LogP) is 11.3. The Morgan fingerprint density at radius 1 is 0.452 bits per heavy atom. The molecule has 0 atom stereocenters. The molecule has 0 bridgehead atoms. The number of benzene rings is 3. The van der Waals surface area contributed by atoms with Gasteiger partial charge >= 0.3 is 0 Å². The summed E-state index contributed by atoms with van der Waals surface area (Å²) in [4.78, 5) is 14.8. The fourth-order valence-corrected chi connectivity index (χ4v) is 5.39. The molecule has 0 aliphatic heterocycles. The Hall–Kier alpha value is -3.59. The third-order valence-corrected chi connectivity index (χ3v) is 8.10. The predicted molar refractivity (Wildman–Crippen MR) is 180 cm³/mol. The lowest BCUT2D eigenvalue weighted by molar-refractivity contribution is 0.607. The summed E-state index contributed by atoms with van der Waals surface area (Å²) in [5.74, 6) is 2.12. The Balaban J connectivity index is 1.51. The largest absolute Gasteiger partial charge is 0.208 e. The fraction of sp³-hybridized carbons (Fsp3) is 0.410. The number of rotatable bonds is 18. The van der Waals surface area contributed by atoms with E-state index in [0.29, 0.717) is 17.5 Å². The molecule has 0 saturated heterocycles. The molecule has 4 rings (SSSR count). The smallest absolute Gasteiger partial charge is 0.164 e. The molecule has 0 aliphatic rings. The molecule has 4 aromatic rings. The van der Waals surface area contributed by atoms with E-state index in [1.807, 2.05) is 6.08 Å². The molecule has 3 aromatic carbocycles. The monoisotopic (exact) mass is 559 g/mol. The Morgan fingerprint density at radius 2 is 0.786 bits per heavy atom. The molecule has 0 saturated carbocycles. The van der Waals surface area contributed by atoms with Gasteiger partial charge in [0.25, 0.3) is 0 Å². The van der Waals surface area contributed by atoms with Gasteiger partial charge in [-0.3, -0.25) is 0 Å². The van der Waals surface area contributed by atoms with Gasteiger partial charge in [-0.2, -0.15) is 0 Å². The van der Waals surface area contributed by atoms with E-state index in [2.05, 4.69) is 93.2 Å². The molecule has 0 aliphatic carbocycles. The average molecular weight is 560 g/mol. The molecule has 0 radical (unpaired) electrons. The number of unbranched alkanes of at least 4 members (excludes halogenated alkanes) is 10. The SMILES string of the molecule is C=Cc1ccc(-c2nc(-c3ccc(CCCCCCCC)cc3)nc(-c3ccc(CCCCCCCC)cc3)n2)cc1. The molecule has 220 valence electrons. The summed E-state index contributed by atoms with van der Waals surface area (Å²) in [5.41, 5.74) is 6.86. The molecule has 0 unspecified atom stereocenters. The van der Waals surface area contributed by atoms with Crippen molar-refractivity contribution in [3.8, 4) is 34.2 Å². The maximum Gasteiger partial charge on any atom is 0.164 e. The third kappa shape index (κ3) is 9.76. The molecule has 1 heterocycles. The minimum Gasteiger partial charge on any atom is -0.208 e. The van der Waals surface area contributed by atoms with E-state index in [9.17, 15) is 0 Å². The van der Waals surface area contributed by atoms with Crippen LogP contribution >= 0.6 is 0 Å². The molecule has 0 N–H and O–H groups in total. The summed E-state index contributed by atoms with van der Waals surface area (Å²) in [7, 11) is 0. The Labute approximate surface area is 254 Å². The summed E-state index contributed by atoms with van der Waals surface area (Å²) in [6, 6.07) is 25.8. The van der Waals surface area contributed by atoms with Crippen molar-refractivity contribution in [1.82, 2.24) is 15.0 Å². The fourth-order valence-electron chi connectivity index (χ4n) is 5.39. The normalized spacial score (nSPS) is 11.1. The van der Waals surface area contributed by atoms with Crippen molar-refractivity contribution in [2.75, 3.05) is 0 Å². The zero-order valence-electron chi connectivity index (χ0n) is 26.0. The van der Waals surface area contributed by atoms with Crippen molar-refractivity contribution in [1.29, 1.82) is 0 Å². The summed E-state index contributed by atoms with van der Waals surface area (Å²) >= 11 is 0. The lowest BCUT2D eigenvalue weighted by Crippen LogP contribution is -2.00. The number of aryl methyl sites for hydroxylation is 2. The maximum atomic E-state index is 4.96. The van der Waals surface area contributed by atoms with Crippen LogP contribution in [0.5, 0.6) is 0 Å². The number of hydrogen-bond donors (Lipinski definition) is 0. The van der Waals surface area contributed by atoms with Gasteiger partial charge in [0.05, 0.1) is 0 Å². The first kappa shape index (κ1) is 31.3. The van der Waals surface area contributed by atoms with Gasteiger partial charge < -0.3 is 0 Å². The van der Waals surface area contributed by atoms with Crippen molar-refractivity contribution in [2.24, 2.45) is 0 Å². The number of hydrogen-bond acceptors (Lipinski definition) is 3. The first-order valence-electron chi connectivity index (χ1n) is 16.4. The second-order valence-electron chi connectivity index (χ2n) is 11.6. The van der Waals surface area contributed by atoms with Gasteiger partial charge in [0.2, 0.25) is 0 Å². The van der Waals surface area contributed by atoms with Crippen LogP contribution < -0.4 is 0 Å². The van der Waals surface area contributed by atoms with Gasteiger partial charge in [-0.15, -0.1) is 0 Å². The van der Waals surface area contributed by atoms with Crippen molar-refractivity contribution >= 4 is 6.08 Å². The molecule has 0 spiro atoms. The van der Waals surface area contributed by atoms with Gasteiger partial charge in [-0.25, -0.2) is 15.0 Å². The zero-order valence-corrected chi connectivity index (χ0v) is 26.0. The number of nitrogens with zero attached hydrogens (tertiary/aromatic N) is 3. The summed E-state index contributed by atoms with van der Waals surface area (Å²) in [6.45, 7) is 8.42. The average Bonchev–Trinajstić information content (AvgIpc) is 3.05. The van der Waals surface area contributed by atoms with Crippen LogP contribution in [-0.4, -0.2) is 15.0 Å². The highest BCUT2D eigenvalue weighted by Gasteiger charge is 2.13. The molecule has 3 nitrogen and oxygen atoms in total. The van der Waals surface area contributed by atoms with Crippen LogP contribution in [0.3, 0.4) is 0 Å². The van der Waals surface area contributed by atoms with Crippen LogP contribution in [0, 0.1) is 0 Å². The second-order valence-corrected chi connectivity index (χ2v) is 11.6. The molecule has 42 heavy (non-hydrogen) atoms. The van der Waals surface area contributed by atoms with Crippen LogP contribution in [0.2, 0.25) is 0 Å². The van der Waals surface area contributed by atoms with Crippen LogP contribution in [-0.2, 0) is 12.8 Å². The minimum absolute atomic E-state index is 0.693. The highest BCUT2D eigenvalue weighted by atomic mass is 15.0. The van der Waals surface area contributed by atoms with E-state index in [-0.39, 0.29) is 0 Å². The van der Waals surface area contributed by atoms with Gasteiger partial charge in [-0.1, -0.05) is 164 Å². The van der Waals surface area contributed by atoms with Crippen molar-refractivity contribution in [3.63, 3.8) is 0 Å². The molecule has 0 fully saturated rings. The van der Waals surface area contributed by atoms with Gasteiger partial charge in [0.15, 0.2) is 17.5 Å². The first-order chi connectivity index (χ1) is 20.7. The van der Waals surface area contributed by atoms with E-state index in [1.54, 1.807) is 0 Å². The quantitative estimate of drug-likeness (QED) is 0.114. The van der Waals surface area contributed by atoms with E-state index < -0.39 is 0 Å².